The summed E-state index contributed by atoms with van der Waals surface area (Å²) in [6.45, 7) is 4.87. The summed E-state index contributed by atoms with van der Waals surface area (Å²) in [7, 11) is -3.48. The highest BCUT2D eigenvalue weighted by Crippen LogP contribution is 2.15. The van der Waals surface area contributed by atoms with E-state index in [4.69, 9.17) is 0 Å². The predicted molar refractivity (Wildman–Crippen MR) is 78.8 cm³/mol. The van der Waals surface area contributed by atoms with E-state index < -0.39 is 10.0 Å². The van der Waals surface area contributed by atoms with Crippen LogP contribution in [-0.2, 0) is 23.2 Å². The van der Waals surface area contributed by atoms with Gasteiger partial charge in [-0.1, -0.05) is 6.92 Å². The number of sulfonamides is 1. The van der Waals surface area contributed by atoms with Gasteiger partial charge in [-0.25, -0.2) is 13.1 Å². The van der Waals surface area contributed by atoms with Crippen molar-refractivity contribution in [3.8, 4) is 0 Å². The van der Waals surface area contributed by atoms with Crippen LogP contribution in [0.1, 0.15) is 26.0 Å². The lowest BCUT2D eigenvalue weighted by molar-refractivity contribution is 0.271. The van der Waals surface area contributed by atoms with Gasteiger partial charge >= 0.3 is 0 Å². The standard InChI is InChI=1S/C12H22N2O3S2/c1-4-14-8-12(7-11(14)9-15)19(16,17)13-6-5-10(2)18-3/h7-8,10,13,15H,4-6,9H2,1-3H3. The van der Waals surface area contributed by atoms with Gasteiger partial charge in [-0.05, 0) is 25.7 Å². The Balaban J connectivity index is 2.74. The van der Waals surface area contributed by atoms with Crippen LogP contribution >= 0.6 is 11.8 Å². The second-order valence-corrected chi connectivity index (χ2v) is 7.39. The van der Waals surface area contributed by atoms with Gasteiger partial charge in [-0.15, -0.1) is 0 Å². The number of aromatic nitrogens is 1. The molecule has 7 heteroatoms. The number of aryl methyl sites for hydroxylation is 1. The SMILES string of the molecule is CCn1cc(S(=O)(=O)NCCC(C)SC)cc1CO. The molecule has 0 bridgehead atoms. The fourth-order valence-electron chi connectivity index (χ4n) is 1.70. The zero-order valence-corrected chi connectivity index (χ0v) is 13.2. The number of nitrogens with zero attached hydrogens (tertiary/aromatic N) is 1. The number of thioether (sulfide) groups is 1. The van der Waals surface area contributed by atoms with Crippen LogP contribution in [0.15, 0.2) is 17.2 Å². The molecular weight excluding hydrogens is 284 g/mol. The van der Waals surface area contributed by atoms with Crippen LogP contribution < -0.4 is 4.72 Å². The molecule has 0 spiro atoms. The van der Waals surface area contributed by atoms with Gasteiger partial charge < -0.3 is 9.67 Å². The number of aliphatic hydroxyl groups is 1. The molecule has 0 radical (unpaired) electrons. The normalized spacial score (nSPS) is 13.7. The maximum atomic E-state index is 12.1. The number of nitrogens with one attached hydrogen (secondary N) is 1. The lowest BCUT2D eigenvalue weighted by atomic mass is 10.3. The molecule has 19 heavy (non-hydrogen) atoms. The Morgan fingerprint density at radius 3 is 2.68 bits per heavy atom. The van der Waals surface area contributed by atoms with Gasteiger partial charge in [0.25, 0.3) is 0 Å². The van der Waals surface area contributed by atoms with E-state index in [2.05, 4.69) is 11.6 Å². The van der Waals surface area contributed by atoms with Gasteiger partial charge in [0.15, 0.2) is 0 Å². The molecule has 1 aromatic heterocycles. The van der Waals surface area contributed by atoms with Crippen LogP contribution in [0.25, 0.3) is 0 Å². The Kier molecular flexibility index (Phi) is 6.38. The first-order valence-electron chi connectivity index (χ1n) is 6.27. The molecule has 1 unspecified atom stereocenters. The van der Waals surface area contributed by atoms with E-state index in [1.807, 2.05) is 13.2 Å². The predicted octanol–water partition coefficient (Wildman–Crippen LogP) is 1.42. The van der Waals surface area contributed by atoms with Crippen molar-refractivity contribution >= 4 is 21.8 Å². The second kappa shape index (κ2) is 7.33. The Bertz CT molecular complexity index is 476. The highest BCUT2D eigenvalue weighted by Gasteiger charge is 2.17. The molecule has 1 rings (SSSR count). The van der Waals surface area contributed by atoms with Gasteiger partial charge in [0.1, 0.15) is 0 Å². The van der Waals surface area contributed by atoms with Gasteiger partial charge in [0.2, 0.25) is 10.0 Å². The third-order valence-electron chi connectivity index (χ3n) is 3.02. The van der Waals surface area contributed by atoms with E-state index >= 15 is 0 Å². The van der Waals surface area contributed by atoms with Gasteiger partial charge in [0, 0.05) is 30.2 Å². The van der Waals surface area contributed by atoms with Gasteiger partial charge in [0.05, 0.1) is 11.5 Å². The summed E-state index contributed by atoms with van der Waals surface area (Å²) in [5.74, 6) is 0. The van der Waals surface area contributed by atoms with E-state index in [-0.39, 0.29) is 11.5 Å². The van der Waals surface area contributed by atoms with Crippen molar-refractivity contribution in [2.75, 3.05) is 12.8 Å². The first kappa shape index (κ1) is 16.6. The minimum Gasteiger partial charge on any atom is -0.390 e. The highest BCUT2D eigenvalue weighted by molar-refractivity contribution is 7.99. The minimum absolute atomic E-state index is 0.160. The topological polar surface area (TPSA) is 71.3 Å². The van der Waals surface area contributed by atoms with Crippen LogP contribution in [0.4, 0.5) is 0 Å². The molecule has 0 fully saturated rings. The first-order valence-corrected chi connectivity index (χ1v) is 9.04. The lowest BCUT2D eigenvalue weighted by Gasteiger charge is -2.08. The number of hydrogen-bond acceptors (Lipinski definition) is 4. The van der Waals surface area contributed by atoms with Crippen molar-refractivity contribution in [3.05, 3.63) is 18.0 Å². The van der Waals surface area contributed by atoms with Crippen LogP contribution in [0.2, 0.25) is 0 Å². The molecule has 5 nitrogen and oxygen atoms in total. The average Bonchev–Trinajstić information content (AvgIpc) is 2.82. The lowest BCUT2D eigenvalue weighted by Crippen LogP contribution is -2.26. The Morgan fingerprint density at radius 2 is 2.21 bits per heavy atom. The molecule has 0 aromatic carbocycles. The monoisotopic (exact) mass is 306 g/mol. The summed E-state index contributed by atoms with van der Waals surface area (Å²) in [6, 6.07) is 1.52. The molecule has 110 valence electrons. The van der Waals surface area contributed by atoms with E-state index in [9.17, 15) is 13.5 Å². The summed E-state index contributed by atoms with van der Waals surface area (Å²) in [6.07, 6.45) is 4.36. The Morgan fingerprint density at radius 1 is 1.53 bits per heavy atom. The fraction of sp³-hybridized carbons (Fsp3) is 0.667. The number of rotatable bonds is 8. The summed E-state index contributed by atoms with van der Waals surface area (Å²) >= 11 is 1.71. The zero-order chi connectivity index (χ0) is 14.5. The Labute approximate surface area is 119 Å². The Hall–Kier alpha value is -0.500. The molecule has 2 N–H and O–H groups in total. The van der Waals surface area contributed by atoms with Crippen molar-refractivity contribution < 1.29 is 13.5 Å². The largest absolute Gasteiger partial charge is 0.390 e. The summed E-state index contributed by atoms with van der Waals surface area (Å²) in [5.41, 5.74) is 0.611. The minimum atomic E-state index is -3.48. The van der Waals surface area contributed by atoms with Crippen molar-refractivity contribution in [1.29, 1.82) is 0 Å². The molecular formula is C12H22N2O3S2. The second-order valence-electron chi connectivity index (χ2n) is 4.34. The molecule has 0 aliphatic rings. The molecule has 0 saturated carbocycles. The fourth-order valence-corrected chi connectivity index (χ4v) is 3.16. The third-order valence-corrected chi connectivity index (χ3v) is 5.49. The average molecular weight is 306 g/mol. The summed E-state index contributed by atoms with van der Waals surface area (Å²) < 4.78 is 28.5. The van der Waals surface area contributed by atoms with Crippen molar-refractivity contribution in [2.45, 2.75) is 43.6 Å². The molecule has 1 atom stereocenters. The van der Waals surface area contributed by atoms with Crippen LogP contribution in [0, 0.1) is 0 Å². The van der Waals surface area contributed by atoms with E-state index in [1.165, 1.54) is 6.07 Å². The molecule has 0 aliphatic carbocycles. The maximum Gasteiger partial charge on any atom is 0.242 e. The summed E-state index contributed by atoms with van der Waals surface area (Å²) in [5, 5.41) is 9.60. The molecule has 1 heterocycles. The number of hydrogen-bond donors (Lipinski definition) is 2. The van der Waals surface area contributed by atoms with Gasteiger partial charge in [-0.3, -0.25) is 0 Å². The molecule has 0 amide bonds. The van der Waals surface area contributed by atoms with Crippen molar-refractivity contribution in [3.63, 3.8) is 0 Å². The van der Waals surface area contributed by atoms with Gasteiger partial charge in [-0.2, -0.15) is 11.8 Å². The van der Waals surface area contributed by atoms with Crippen LogP contribution in [0.5, 0.6) is 0 Å². The van der Waals surface area contributed by atoms with E-state index in [0.29, 0.717) is 24.0 Å². The highest BCUT2D eigenvalue weighted by atomic mass is 32.2. The van der Waals surface area contributed by atoms with Crippen LogP contribution in [0.3, 0.4) is 0 Å². The van der Waals surface area contributed by atoms with E-state index in [1.54, 1.807) is 22.5 Å². The molecule has 0 aliphatic heterocycles. The summed E-state index contributed by atoms with van der Waals surface area (Å²) in [4.78, 5) is 0.218. The smallest absolute Gasteiger partial charge is 0.242 e. The quantitative estimate of drug-likeness (QED) is 0.762. The molecule has 0 saturated heterocycles. The first-order chi connectivity index (χ1) is 8.94. The zero-order valence-electron chi connectivity index (χ0n) is 11.6. The van der Waals surface area contributed by atoms with Crippen molar-refractivity contribution in [2.24, 2.45) is 0 Å². The third kappa shape index (κ3) is 4.52. The van der Waals surface area contributed by atoms with E-state index in [0.717, 1.165) is 6.42 Å². The maximum absolute atomic E-state index is 12.1. The number of aliphatic hydroxyl groups excluding tert-OH is 1. The van der Waals surface area contributed by atoms with Crippen molar-refractivity contribution in [1.82, 2.24) is 9.29 Å². The van der Waals surface area contributed by atoms with Crippen LogP contribution in [-0.4, -0.2) is 36.1 Å². The molecule has 1 aromatic rings.